The summed E-state index contributed by atoms with van der Waals surface area (Å²) >= 11 is 1.42. The van der Waals surface area contributed by atoms with Gasteiger partial charge in [-0.15, -0.1) is 0 Å². The minimum absolute atomic E-state index is 0.102. The van der Waals surface area contributed by atoms with Gasteiger partial charge >= 0.3 is 0 Å². The van der Waals surface area contributed by atoms with Crippen molar-refractivity contribution in [1.29, 1.82) is 0 Å². The number of thioether (sulfide) groups is 1. The summed E-state index contributed by atoms with van der Waals surface area (Å²) in [4.78, 5) is 17.0. The molecule has 0 radical (unpaired) electrons. The topological polar surface area (TPSA) is 64.2 Å². The fourth-order valence-electron chi connectivity index (χ4n) is 0.896. The molecule has 0 amide bonds. The lowest BCUT2D eigenvalue weighted by Crippen LogP contribution is -2.16. The van der Waals surface area contributed by atoms with Crippen molar-refractivity contribution in [2.75, 3.05) is 32.7 Å². The van der Waals surface area contributed by atoms with E-state index >= 15 is 0 Å². The maximum Gasteiger partial charge on any atom is 0.251 e. The van der Waals surface area contributed by atoms with Crippen LogP contribution in [0.3, 0.4) is 0 Å². The molecule has 15 heavy (non-hydrogen) atoms. The van der Waals surface area contributed by atoms with Gasteiger partial charge in [-0.2, -0.15) is 0 Å². The molecular formula is C9H14N2O3S. The van der Waals surface area contributed by atoms with E-state index in [1.54, 1.807) is 0 Å². The lowest BCUT2D eigenvalue weighted by molar-refractivity contribution is -0.0334. The van der Waals surface area contributed by atoms with Crippen molar-refractivity contribution in [3.05, 3.63) is 22.6 Å². The molecule has 0 aliphatic carbocycles. The number of aromatic nitrogens is 2. The molecular weight excluding hydrogens is 216 g/mol. The summed E-state index contributed by atoms with van der Waals surface area (Å²) in [6.45, 7) is 3.11. The van der Waals surface area contributed by atoms with E-state index in [4.69, 9.17) is 9.47 Å². The molecule has 1 aliphatic rings. The van der Waals surface area contributed by atoms with Gasteiger partial charge in [-0.1, -0.05) is 11.8 Å². The predicted molar refractivity (Wildman–Crippen MR) is 58.3 cm³/mol. The monoisotopic (exact) mass is 230 g/mol. The maximum atomic E-state index is 10.5. The zero-order valence-corrected chi connectivity index (χ0v) is 9.38. The Morgan fingerprint density at radius 2 is 1.93 bits per heavy atom. The van der Waals surface area contributed by atoms with E-state index in [1.165, 1.54) is 24.0 Å². The Kier molecular flexibility index (Phi) is 6.06. The van der Waals surface area contributed by atoms with Crippen molar-refractivity contribution in [3.8, 4) is 0 Å². The second-order valence-corrected chi connectivity index (χ2v) is 3.46. The molecule has 1 aromatic rings. The summed E-state index contributed by atoms with van der Waals surface area (Å²) in [5.41, 5.74) is -0.102. The summed E-state index contributed by atoms with van der Waals surface area (Å²) in [5.74, 6) is 0. The van der Waals surface area contributed by atoms with Crippen molar-refractivity contribution in [1.82, 2.24) is 9.97 Å². The van der Waals surface area contributed by atoms with Crippen LogP contribution < -0.4 is 5.56 Å². The van der Waals surface area contributed by atoms with E-state index in [-0.39, 0.29) is 5.56 Å². The van der Waals surface area contributed by atoms with Crippen LogP contribution in [0.25, 0.3) is 0 Å². The molecule has 2 heterocycles. The second kappa shape index (κ2) is 7.44. The lowest BCUT2D eigenvalue weighted by Gasteiger charge is -2.09. The Morgan fingerprint density at radius 1 is 1.33 bits per heavy atom. The lowest BCUT2D eigenvalue weighted by atomic mass is 10.6. The van der Waals surface area contributed by atoms with Crippen LogP contribution in [0.15, 0.2) is 22.2 Å². The van der Waals surface area contributed by atoms with E-state index in [1.807, 2.05) is 6.26 Å². The zero-order chi connectivity index (χ0) is 10.9. The second-order valence-electron chi connectivity index (χ2n) is 2.67. The molecule has 0 aromatic carbocycles. The van der Waals surface area contributed by atoms with Crippen LogP contribution >= 0.6 is 11.8 Å². The van der Waals surface area contributed by atoms with Gasteiger partial charge in [-0.3, -0.25) is 4.79 Å². The fraction of sp³-hybridized carbons (Fsp3) is 0.556. The quantitative estimate of drug-likeness (QED) is 0.563. The minimum atomic E-state index is -0.102. The number of H-pyrrole nitrogens is 1. The highest BCUT2D eigenvalue weighted by Gasteiger charge is 1.94. The van der Waals surface area contributed by atoms with Crippen molar-refractivity contribution >= 4 is 11.8 Å². The van der Waals surface area contributed by atoms with Crippen LogP contribution in [-0.4, -0.2) is 42.7 Å². The van der Waals surface area contributed by atoms with Crippen molar-refractivity contribution in [2.45, 2.75) is 5.16 Å². The zero-order valence-electron chi connectivity index (χ0n) is 8.56. The molecule has 1 N–H and O–H groups in total. The standard InChI is InChI=1S/C5H6N2OS.C4H8O2/c1-9-5-6-3-2-4(8)7-5;1-2-6-4-3-5-1/h2-3H,1H3,(H,6,7,8);1-4H2. The normalized spacial score (nSPS) is 15.3. The summed E-state index contributed by atoms with van der Waals surface area (Å²) in [6, 6.07) is 1.39. The number of nitrogens with one attached hydrogen (secondary N) is 1. The van der Waals surface area contributed by atoms with E-state index < -0.39 is 0 Å². The van der Waals surface area contributed by atoms with Gasteiger partial charge in [0.15, 0.2) is 5.16 Å². The van der Waals surface area contributed by atoms with Crippen LogP contribution in [0.5, 0.6) is 0 Å². The van der Waals surface area contributed by atoms with E-state index in [2.05, 4.69) is 9.97 Å². The molecule has 0 bridgehead atoms. The first-order valence-corrected chi connectivity index (χ1v) is 5.80. The minimum Gasteiger partial charge on any atom is -0.377 e. The Bertz CT molecular complexity index is 314. The van der Waals surface area contributed by atoms with Crippen LogP contribution in [0, 0.1) is 0 Å². The Morgan fingerprint density at radius 3 is 2.27 bits per heavy atom. The van der Waals surface area contributed by atoms with Crippen LogP contribution in [-0.2, 0) is 9.47 Å². The van der Waals surface area contributed by atoms with Crippen LogP contribution in [0.4, 0.5) is 0 Å². The first-order chi connectivity index (χ1) is 7.33. The molecule has 5 nitrogen and oxygen atoms in total. The summed E-state index contributed by atoms with van der Waals surface area (Å²) in [5, 5.41) is 0.655. The largest absolute Gasteiger partial charge is 0.377 e. The van der Waals surface area contributed by atoms with Gasteiger partial charge in [0.05, 0.1) is 26.4 Å². The molecule has 1 fully saturated rings. The Hall–Kier alpha value is -0.850. The molecule has 0 atom stereocenters. The third kappa shape index (κ3) is 5.56. The third-order valence-electron chi connectivity index (χ3n) is 1.59. The van der Waals surface area contributed by atoms with E-state index in [0.717, 1.165) is 26.4 Å². The molecule has 0 unspecified atom stereocenters. The number of ether oxygens (including phenoxy) is 2. The molecule has 0 spiro atoms. The number of aromatic amines is 1. The SMILES string of the molecule is C1COCCO1.CSc1nccc(=O)[nH]1. The molecule has 1 aliphatic heterocycles. The van der Waals surface area contributed by atoms with Gasteiger partial charge in [0, 0.05) is 12.3 Å². The smallest absolute Gasteiger partial charge is 0.251 e. The van der Waals surface area contributed by atoms with Crippen LogP contribution in [0.2, 0.25) is 0 Å². The van der Waals surface area contributed by atoms with E-state index in [0.29, 0.717) is 5.16 Å². The molecule has 0 saturated carbocycles. The van der Waals surface area contributed by atoms with Gasteiger partial charge in [0.1, 0.15) is 0 Å². The van der Waals surface area contributed by atoms with Gasteiger partial charge in [-0.05, 0) is 6.26 Å². The van der Waals surface area contributed by atoms with Gasteiger partial charge in [-0.25, -0.2) is 4.98 Å². The molecule has 1 aromatic heterocycles. The summed E-state index contributed by atoms with van der Waals surface area (Å²) in [6.07, 6.45) is 3.35. The summed E-state index contributed by atoms with van der Waals surface area (Å²) in [7, 11) is 0. The number of rotatable bonds is 1. The third-order valence-corrected chi connectivity index (χ3v) is 2.18. The average Bonchev–Trinajstić information content (AvgIpc) is 2.32. The Balaban J connectivity index is 0.000000162. The maximum absolute atomic E-state index is 10.5. The Labute approximate surface area is 92.2 Å². The number of hydrogen-bond acceptors (Lipinski definition) is 5. The van der Waals surface area contributed by atoms with Crippen molar-refractivity contribution in [2.24, 2.45) is 0 Å². The molecule has 6 heteroatoms. The van der Waals surface area contributed by atoms with Crippen LogP contribution in [0.1, 0.15) is 0 Å². The first-order valence-electron chi connectivity index (χ1n) is 4.58. The first kappa shape index (κ1) is 12.2. The summed E-state index contributed by atoms with van der Waals surface area (Å²) < 4.78 is 9.89. The molecule has 1 saturated heterocycles. The number of nitrogens with zero attached hydrogens (tertiary/aromatic N) is 1. The highest BCUT2D eigenvalue weighted by atomic mass is 32.2. The fourth-order valence-corrected chi connectivity index (χ4v) is 1.26. The van der Waals surface area contributed by atoms with Gasteiger partial charge < -0.3 is 14.5 Å². The van der Waals surface area contributed by atoms with E-state index in [9.17, 15) is 4.79 Å². The predicted octanol–water partition coefficient (Wildman–Crippen LogP) is 0.525. The van der Waals surface area contributed by atoms with Crippen molar-refractivity contribution in [3.63, 3.8) is 0 Å². The highest BCUT2D eigenvalue weighted by Crippen LogP contribution is 2.01. The van der Waals surface area contributed by atoms with Gasteiger partial charge in [0.2, 0.25) is 0 Å². The average molecular weight is 230 g/mol. The van der Waals surface area contributed by atoms with Crippen molar-refractivity contribution < 1.29 is 9.47 Å². The van der Waals surface area contributed by atoms with Gasteiger partial charge in [0.25, 0.3) is 5.56 Å². The number of hydrogen-bond donors (Lipinski definition) is 1. The molecule has 84 valence electrons. The molecule has 2 rings (SSSR count). The highest BCUT2D eigenvalue weighted by molar-refractivity contribution is 7.98.